The van der Waals surface area contributed by atoms with Crippen molar-refractivity contribution < 1.29 is 14.3 Å². The highest BCUT2D eigenvalue weighted by atomic mass is 32.2. The minimum absolute atomic E-state index is 0.295. The monoisotopic (exact) mass is 487 g/mol. The van der Waals surface area contributed by atoms with E-state index in [4.69, 9.17) is 9.47 Å². The maximum atomic E-state index is 13.0. The molecule has 1 amide bonds. The highest BCUT2D eigenvalue weighted by Crippen LogP contribution is 2.32. The number of benzene rings is 1. The molecule has 0 unspecified atom stereocenters. The maximum Gasteiger partial charge on any atom is 0.280 e. The number of hydrogen-bond acceptors (Lipinski definition) is 9. The number of thioether (sulfide) groups is 1. The third-order valence-corrected chi connectivity index (χ3v) is 6.26. The first kappa shape index (κ1) is 21.1. The first-order valence-corrected chi connectivity index (χ1v) is 11.6. The third kappa shape index (κ3) is 4.04. The van der Waals surface area contributed by atoms with Crippen molar-refractivity contribution in [1.82, 2.24) is 29.2 Å². The summed E-state index contributed by atoms with van der Waals surface area (Å²) in [6.07, 6.45) is 5.93. The molecule has 0 saturated carbocycles. The lowest BCUT2D eigenvalue weighted by atomic mass is 10.2. The molecule has 0 saturated heterocycles. The van der Waals surface area contributed by atoms with Crippen LogP contribution in [0.5, 0.6) is 11.5 Å². The molecule has 1 aliphatic rings. The molecule has 0 atom stereocenters. The van der Waals surface area contributed by atoms with E-state index in [9.17, 15) is 9.59 Å². The molecule has 35 heavy (non-hydrogen) atoms. The Morgan fingerprint density at radius 2 is 1.91 bits per heavy atom. The Labute approximate surface area is 201 Å². The largest absolute Gasteiger partial charge is 0.486 e. The Hall–Kier alpha value is -4.45. The minimum atomic E-state index is -0.430. The molecule has 6 rings (SSSR count). The minimum Gasteiger partial charge on any atom is -0.486 e. The molecule has 0 bridgehead atoms. The number of aromatic nitrogens is 6. The molecule has 0 spiro atoms. The van der Waals surface area contributed by atoms with Gasteiger partial charge in [-0.25, -0.2) is 9.66 Å². The Kier molecular flexibility index (Phi) is 5.26. The fourth-order valence-electron chi connectivity index (χ4n) is 3.65. The van der Waals surface area contributed by atoms with Crippen molar-refractivity contribution in [2.75, 3.05) is 18.6 Å². The number of carbonyl (C=O) groups is 1. The van der Waals surface area contributed by atoms with Gasteiger partial charge in [-0.1, -0.05) is 17.8 Å². The van der Waals surface area contributed by atoms with Crippen LogP contribution < -0.4 is 20.5 Å². The third-order valence-electron chi connectivity index (χ3n) is 5.35. The fourth-order valence-corrected chi connectivity index (χ4v) is 4.41. The Morgan fingerprint density at radius 3 is 2.77 bits per heavy atom. The van der Waals surface area contributed by atoms with Crippen LogP contribution in [0.4, 0.5) is 0 Å². The zero-order chi connectivity index (χ0) is 23.8. The predicted octanol–water partition coefficient (Wildman–Crippen LogP) is 2.28. The second kappa shape index (κ2) is 8.72. The van der Waals surface area contributed by atoms with Crippen LogP contribution in [0.2, 0.25) is 0 Å². The van der Waals surface area contributed by atoms with Gasteiger partial charge in [0.1, 0.15) is 13.2 Å². The number of rotatable bonds is 5. The van der Waals surface area contributed by atoms with Crippen LogP contribution in [0.15, 0.2) is 71.1 Å². The molecule has 1 aromatic carbocycles. The molecular weight excluding hydrogens is 470 g/mol. The van der Waals surface area contributed by atoms with Crippen molar-refractivity contribution in [1.29, 1.82) is 0 Å². The number of nitrogens with zero attached hydrogens (tertiary/aromatic N) is 6. The summed E-state index contributed by atoms with van der Waals surface area (Å²) in [7, 11) is 0. The molecule has 5 aromatic rings. The van der Waals surface area contributed by atoms with Gasteiger partial charge in [-0.15, -0.1) is 5.10 Å². The Bertz CT molecular complexity index is 1630. The van der Waals surface area contributed by atoms with E-state index in [2.05, 4.69) is 25.5 Å². The van der Waals surface area contributed by atoms with Crippen molar-refractivity contribution >= 4 is 34.3 Å². The van der Waals surface area contributed by atoms with Gasteiger partial charge >= 0.3 is 0 Å². The number of carbonyl (C=O) groups excluding carboxylic acids is 1. The van der Waals surface area contributed by atoms with Gasteiger partial charge in [0.2, 0.25) is 5.16 Å². The van der Waals surface area contributed by atoms with E-state index in [1.165, 1.54) is 41.1 Å². The lowest BCUT2D eigenvalue weighted by Gasteiger charge is -2.18. The molecule has 174 valence electrons. The van der Waals surface area contributed by atoms with Crippen molar-refractivity contribution in [2.24, 2.45) is 0 Å². The topological polar surface area (TPSA) is 126 Å². The number of fused-ring (bicyclic) bond motifs is 4. The fraction of sp³-hybridized carbons (Fsp3) is 0.130. The van der Waals surface area contributed by atoms with E-state index in [1.807, 2.05) is 18.2 Å². The number of nitrogens with one attached hydrogen (secondary N) is 1. The second-order valence-electron chi connectivity index (χ2n) is 7.60. The normalized spacial score (nSPS) is 12.7. The van der Waals surface area contributed by atoms with Crippen molar-refractivity contribution in [2.45, 2.75) is 10.9 Å². The maximum absolute atomic E-state index is 13.0. The lowest BCUT2D eigenvalue weighted by molar-refractivity contribution is 0.101. The van der Waals surface area contributed by atoms with Gasteiger partial charge in [-0.05, 0) is 35.9 Å². The summed E-state index contributed by atoms with van der Waals surface area (Å²) in [6, 6.07) is 10.6. The molecule has 0 fully saturated rings. The number of amides is 1. The Balaban J connectivity index is 1.25. The summed E-state index contributed by atoms with van der Waals surface area (Å²) in [5.41, 5.74) is 4.11. The molecule has 1 N–H and O–H groups in total. The quantitative estimate of drug-likeness (QED) is 0.372. The van der Waals surface area contributed by atoms with Crippen LogP contribution >= 0.6 is 11.8 Å². The molecule has 1 aliphatic heterocycles. The van der Waals surface area contributed by atoms with Crippen LogP contribution in [-0.4, -0.2) is 48.4 Å². The summed E-state index contributed by atoms with van der Waals surface area (Å²) in [5.74, 6) is 2.05. The van der Waals surface area contributed by atoms with Gasteiger partial charge in [-0.2, -0.15) is 9.50 Å². The van der Waals surface area contributed by atoms with Crippen LogP contribution in [-0.2, 0) is 5.75 Å². The van der Waals surface area contributed by atoms with E-state index in [1.54, 1.807) is 18.2 Å². The molecule has 0 aliphatic carbocycles. The van der Waals surface area contributed by atoms with Gasteiger partial charge in [0.25, 0.3) is 17.2 Å². The van der Waals surface area contributed by atoms with Crippen LogP contribution in [0, 0.1) is 0 Å². The zero-order valence-electron chi connectivity index (χ0n) is 18.1. The first-order chi connectivity index (χ1) is 17.2. The zero-order valence-corrected chi connectivity index (χ0v) is 18.9. The van der Waals surface area contributed by atoms with Crippen molar-refractivity contribution in [3.63, 3.8) is 0 Å². The summed E-state index contributed by atoms with van der Waals surface area (Å²) in [5, 5.41) is 5.35. The lowest BCUT2D eigenvalue weighted by Crippen LogP contribution is -2.33. The molecule has 5 heterocycles. The van der Waals surface area contributed by atoms with Crippen LogP contribution in [0.1, 0.15) is 15.9 Å². The van der Waals surface area contributed by atoms with Gasteiger partial charge in [0, 0.05) is 36.1 Å². The average molecular weight is 488 g/mol. The Morgan fingerprint density at radius 1 is 1.09 bits per heavy atom. The van der Waals surface area contributed by atoms with Crippen molar-refractivity contribution in [3.05, 3.63) is 82.7 Å². The van der Waals surface area contributed by atoms with Crippen LogP contribution in [0.25, 0.3) is 16.7 Å². The molecular formula is C23H17N7O4S. The van der Waals surface area contributed by atoms with Gasteiger partial charge in [0.05, 0.1) is 10.9 Å². The van der Waals surface area contributed by atoms with Gasteiger partial charge in [0.15, 0.2) is 11.5 Å². The summed E-state index contributed by atoms with van der Waals surface area (Å²) >= 11 is 1.45. The van der Waals surface area contributed by atoms with E-state index < -0.39 is 11.5 Å². The predicted molar refractivity (Wildman–Crippen MR) is 127 cm³/mol. The summed E-state index contributed by atoms with van der Waals surface area (Å²) in [4.78, 5) is 38.1. The van der Waals surface area contributed by atoms with Gasteiger partial charge < -0.3 is 9.47 Å². The molecule has 12 heteroatoms. The standard InChI is InChI=1S/C23H17N7O4S/c31-20(15-3-6-24-7-4-15)27-29-8-5-17-16(21(29)32)12-25-22-26-23(28-30(17)22)35-13-14-1-2-18-19(11-14)34-10-9-33-18/h1-8,11-12H,9-10,13H2,(H,27,31). The average Bonchev–Trinajstić information content (AvgIpc) is 3.33. The molecule has 0 radical (unpaired) electrons. The van der Waals surface area contributed by atoms with Crippen molar-refractivity contribution in [3.8, 4) is 11.5 Å². The number of hydrogen-bond donors (Lipinski definition) is 1. The summed E-state index contributed by atoms with van der Waals surface area (Å²) < 4.78 is 13.8. The van der Waals surface area contributed by atoms with Gasteiger partial charge in [-0.3, -0.25) is 20.0 Å². The summed E-state index contributed by atoms with van der Waals surface area (Å²) in [6.45, 7) is 1.08. The molecule has 11 nitrogen and oxygen atoms in total. The van der Waals surface area contributed by atoms with E-state index in [0.29, 0.717) is 46.4 Å². The van der Waals surface area contributed by atoms with E-state index in [-0.39, 0.29) is 0 Å². The first-order valence-electron chi connectivity index (χ1n) is 10.7. The van der Waals surface area contributed by atoms with E-state index >= 15 is 0 Å². The number of pyridine rings is 2. The van der Waals surface area contributed by atoms with Crippen LogP contribution in [0.3, 0.4) is 0 Å². The smallest absolute Gasteiger partial charge is 0.280 e. The highest BCUT2D eigenvalue weighted by Gasteiger charge is 2.15. The highest BCUT2D eigenvalue weighted by molar-refractivity contribution is 7.98. The van der Waals surface area contributed by atoms with E-state index in [0.717, 1.165) is 21.7 Å². The SMILES string of the molecule is O=C(Nn1ccc2c(cnc3nc(SCc4ccc5c(c4)OCCO5)nn32)c1=O)c1ccncc1. The second-order valence-corrected chi connectivity index (χ2v) is 8.54. The number of ether oxygens (including phenoxy) is 2. The molecule has 4 aromatic heterocycles.